The highest BCUT2D eigenvalue weighted by molar-refractivity contribution is 5.78. The summed E-state index contributed by atoms with van der Waals surface area (Å²) in [6.45, 7) is 3.83. The van der Waals surface area contributed by atoms with Crippen LogP contribution in [0.2, 0.25) is 0 Å². The first-order chi connectivity index (χ1) is 4.31. The fourth-order valence-corrected chi connectivity index (χ4v) is 0.320. The van der Waals surface area contributed by atoms with Crippen LogP contribution in [0, 0.1) is 11.3 Å². The number of amides is 1. The third kappa shape index (κ3) is 4.56. The second-order valence-corrected chi connectivity index (χ2v) is 1.43. The lowest BCUT2D eigenvalue weighted by molar-refractivity contribution is -0.119. The molecule has 0 heterocycles. The molecule has 0 aliphatic heterocycles. The van der Waals surface area contributed by atoms with E-state index in [1.165, 1.54) is 0 Å². The van der Waals surface area contributed by atoms with Gasteiger partial charge >= 0.3 is 0 Å². The highest BCUT2D eigenvalue weighted by atomic mass is 16.1. The van der Waals surface area contributed by atoms with Gasteiger partial charge in [0.15, 0.2) is 0 Å². The molecular weight excluding hydrogens is 116 g/mol. The summed E-state index contributed by atoms with van der Waals surface area (Å²) in [5, 5.41) is 10.5. The second-order valence-electron chi connectivity index (χ2n) is 1.43. The molecule has 3 heteroatoms. The van der Waals surface area contributed by atoms with Gasteiger partial charge in [-0.2, -0.15) is 5.26 Å². The number of nitriles is 1. The van der Waals surface area contributed by atoms with Crippen LogP contribution in [0.5, 0.6) is 0 Å². The lowest BCUT2D eigenvalue weighted by atomic mass is 10.4. The van der Waals surface area contributed by atoms with Crippen LogP contribution < -0.4 is 5.32 Å². The molecule has 9 heavy (non-hydrogen) atoms. The number of nitrogens with zero attached hydrogens (tertiary/aromatic N) is 1. The Labute approximate surface area is 54.0 Å². The Balaban J connectivity index is 3.29. The van der Waals surface area contributed by atoms with Crippen LogP contribution in [0.15, 0.2) is 12.7 Å². The van der Waals surface area contributed by atoms with Crippen LogP contribution in [0.4, 0.5) is 0 Å². The van der Waals surface area contributed by atoms with E-state index < -0.39 is 0 Å². The summed E-state index contributed by atoms with van der Waals surface area (Å²) in [7, 11) is 0. The van der Waals surface area contributed by atoms with Crippen LogP contribution >= 0.6 is 0 Å². The van der Waals surface area contributed by atoms with Crippen molar-refractivity contribution in [3.8, 4) is 6.07 Å². The molecule has 3 nitrogen and oxygen atoms in total. The van der Waals surface area contributed by atoms with E-state index in [0.29, 0.717) is 6.54 Å². The molecule has 1 amide bonds. The van der Waals surface area contributed by atoms with Gasteiger partial charge in [-0.25, -0.2) is 0 Å². The van der Waals surface area contributed by atoms with Crippen LogP contribution in [0.3, 0.4) is 0 Å². The van der Waals surface area contributed by atoms with Crippen molar-refractivity contribution in [2.24, 2.45) is 0 Å². The van der Waals surface area contributed by atoms with Crippen LogP contribution in [0.25, 0.3) is 0 Å². The zero-order valence-electron chi connectivity index (χ0n) is 5.05. The Kier molecular flexibility index (Phi) is 4.15. The quantitative estimate of drug-likeness (QED) is 0.546. The van der Waals surface area contributed by atoms with E-state index in [-0.39, 0.29) is 12.3 Å². The highest BCUT2D eigenvalue weighted by Crippen LogP contribution is 1.73. The van der Waals surface area contributed by atoms with Crippen molar-refractivity contribution in [1.29, 1.82) is 5.26 Å². The maximum absolute atomic E-state index is 10.4. The molecule has 0 aliphatic rings. The van der Waals surface area contributed by atoms with Crippen molar-refractivity contribution < 1.29 is 4.79 Å². The summed E-state index contributed by atoms with van der Waals surface area (Å²) < 4.78 is 0. The highest BCUT2D eigenvalue weighted by Gasteiger charge is 1.93. The fraction of sp³-hybridized carbons (Fsp3) is 0.333. The number of nitrogens with one attached hydrogen (secondary N) is 1. The third-order valence-electron chi connectivity index (χ3n) is 0.683. The first-order valence-corrected chi connectivity index (χ1v) is 2.55. The number of carbonyl (C=O) groups is 1. The molecular formula is C6H8N2O. The van der Waals surface area contributed by atoms with Crippen molar-refractivity contribution in [2.75, 3.05) is 6.54 Å². The van der Waals surface area contributed by atoms with Crippen LogP contribution in [-0.4, -0.2) is 12.5 Å². The summed E-state index contributed by atoms with van der Waals surface area (Å²) in [5.41, 5.74) is 0. The van der Waals surface area contributed by atoms with E-state index in [9.17, 15) is 4.79 Å². The number of carbonyl (C=O) groups excluding carboxylic acids is 1. The predicted molar refractivity (Wildman–Crippen MR) is 33.4 cm³/mol. The standard InChI is InChI=1S/C6H8N2O/c1-2-5-8-6(9)3-4-7/h2H,1,3,5H2,(H,8,9). The van der Waals surface area contributed by atoms with Gasteiger partial charge in [0, 0.05) is 6.54 Å². The van der Waals surface area contributed by atoms with Crippen molar-refractivity contribution in [1.82, 2.24) is 5.32 Å². The van der Waals surface area contributed by atoms with Crippen LogP contribution in [0.1, 0.15) is 6.42 Å². The molecule has 0 aromatic carbocycles. The van der Waals surface area contributed by atoms with Gasteiger partial charge in [-0.05, 0) is 0 Å². The van der Waals surface area contributed by atoms with Gasteiger partial charge in [0.25, 0.3) is 0 Å². The average molecular weight is 124 g/mol. The molecule has 0 saturated carbocycles. The van der Waals surface area contributed by atoms with Gasteiger partial charge in [-0.3, -0.25) is 4.79 Å². The molecule has 0 rings (SSSR count). The maximum atomic E-state index is 10.4. The van der Waals surface area contributed by atoms with Crippen molar-refractivity contribution in [2.45, 2.75) is 6.42 Å². The first kappa shape index (κ1) is 7.70. The van der Waals surface area contributed by atoms with Crippen molar-refractivity contribution in [3.05, 3.63) is 12.7 Å². The van der Waals surface area contributed by atoms with Crippen molar-refractivity contribution >= 4 is 5.91 Å². The Bertz CT molecular complexity index is 146. The summed E-state index contributed by atoms with van der Waals surface area (Å²) in [6.07, 6.45) is 1.49. The molecule has 0 aromatic rings. The third-order valence-corrected chi connectivity index (χ3v) is 0.683. The molecule has 0 radical (unpaired) electrons. The topological polar surface area (TPSA) is 52.9 Å². The first-order valence-electron chi connectivity index (χ1n) is 2.55. The normalized spacial score (nSPS) is 7.44. The summed E-state index contributed by atoms with van der Waals surface area (Å²) in [5.74, 6) is -0.252. The molecule has 0 aliphatic carbocycles. The van der Waals surface area contributed by atoms with Gasteiger partial charge in [0.05, 0.1) is 6.07 Å². The van der Waals surface area contributed by atoms with E-state index in [4.69, 9.17) is 5.26 Å². The van der Waals surface area contributed by atoms with E-state index in [1.54, 1.807) is 12.1 Å². The van der Waals surface area contributed by atoms with E-state index in [2.05, 4.69) is 11.9 Å². The van der Waals surface area contributed by atoms with Gasteiger partial charge in [0.1, 0.15) is 6.42 Å². The average Bonchev–Trinajstić information content (AvgIpc) is 1.85. The molecule has 48 valence electrons. The number of rotatable bonds is 3. The van der Waals surface area contributed by atoms with E-state index in [0.717, 1.165) is 0 Å². The molecule has 1 N–H and O–H groups in total. The molecule has 0 atom stereocenters. The summed E-state index contributed by atoms with van der Waals surface area (Å²) in [4.78, 5) is 10.4. The number of hydrogen-bond donors (Lipinski definition) is 1. The Morgan fingerprint density at radius 1 is 1.89 bits per heavy atom. The van der Waals surface area contributed by atoms with Crippen LogP contribution in [-0.2, 0) is 4.79 Å². The zero-order chi connectivity index (χ0) is 7.11. The van der Waals surface area contributed by atoms with Gasteiger partial charge < -0.3 is 5.32 Å². The second kappa shape index (κ2) is 4.85. The lowest BCUT2D eigenvalue weighted by Crippen LogP contribution is -2.21. The monoisotopic (exact) mass is 124 g/mol. The Morgan fingerprint density at radius 3 is 3.00 bits per heavy atom. The molecule has 0 unspecified atom stereocenters. The minimum absolute atomic E-state index is 0.0756. The smallest absolute Gasteiger partial charge is 0.234 e. The lowest BCUT2D eigenvalue weighted by Gasteiger charge is -1.93. The molecule has 0 aromatic heterocycles. The van der Waals surface area contributed by atoms with Gasteiger partial charge in [0.2, 0.25) is 5.91 Å². The minimum atomic E-state index is -0.252. The molecule has 0 saturated heterocycles. The fourth-order valence-electron chi connectivity index (χ4n) is 0.320. The summed E-state index contributed by atoms with van der Waals surface area (Å²) in [6, 6.07) is 1.73. The number of hydrogen-bond acceptors (Lipinski definition) is 2. The predicted octanol–water partition coefficient (Wildman–Crippen LogP) is 0.202. The Morgan fingerprint density at radius 2 is 2.56 bits per heavy atom. The van der Waals surface area contributed by atoms with Gasteiger partial charge in [-0.1, -0.05) is 6.08 Å². The minimum Gasteiger partial charge on any atom is -0.352 e. The molecule has 0 fully saturated rings. The zero-order valence-corrected chi connectivity index (χ0v) is 5.05. The molecule has 0 spiro atoms. The van der Waals surface area contributed by atoms with E-state index >= 15 is 0 Å². The largest absolute Gasteiger partial charge is 0.352 e. The van der Waals surface area contributed by atoms with E-state index in [1.807, 2.05) is 0 Å². The van der Waals surface area contributed by atoms with Gasteiger partial charge in [-0.15, -0.1) is 6.58 Å². The summed E-state index contributed by atoms with van der Waals surface area (Å²) >= 11 is 0. The molecule has 0 bridgehead atoms. The Hall–Kier alpha value is -1.30. The SMILES string of the molecule is C=CCNC(=O)CC#N. The van der Waals surface area contributed by atoms with Crippen molar-refractivity contribution in [3.63, 3.8) is 0 Å². The maximum Gasteiger partial charge on any atom is 0.234 e.